The van der Waals surface area contributed by atoms with E-state index in [0.717, 1.165) is 5.92 Å². The van der Waals surface area contributed by atoms with E-state index in [0.29, 0.717) is 0 Å². The van der Waals surface area contributed by atoms with Gasteiger partial charge in [-0.05, 0) is 38.5 Å². The fourth-order valence-electron chi connectivity index (χ4n) is 1.92. The topological polar surface area (TPSA) is 32.7 Å². The van der Waals surface area contributed by atoms with Crippen LogP contribution in [0.25, 0.3) is 0 Å². The highest BCUT2D eigenvalue weighted by Gasteiger charge is 2.09. The van der Waals surface area contributed by atoms with Gasteiger partial charge in [-0.1, -0.05) is 44.7 Å². The molecule has 3 nitrogen and oxygen atoms in total. The molecule has 0 aromatic rings. The molecule has 1 rings (SSSR count). The van der Waals surface area contributed by atoms with Crippen LogP contribution in [0.15, 0.2) is 42.8 Å². The summed E-state index contributed by atoms with van der Waals surface area (Å²) >= 11 is 0. The second-order valence-electron chi connectivity index (χ2n) is 4.66. The SMILES string of the molecule is C=C.C=C(C)N1CCC/C=C\CCC(C)C1.CC.CN=O. The van der Waals surface area contributed by atoms with Gasteiger partial charge < -0.3 is 4.90 Å². The van der Waals surface area contributed by atoms with Gasteiger partial charge in [-0.3, -0.25) is 0 Å². The second-order valence-corrected chi connectivity index (χ2v) is 4.66. The molecule has 1 atom stereocenters. The Morgan fingerprint density at radius 1 is 1.24 bits per heavy atom. The molecule has 0 aliphatic carbocycles. The number of rotatable bonds is 1. The summed E-state index contributed by atoms with van der Waals surface area (Å²) in [7, 11) is 1.19. The van der Waals surface area contributed by atoms with Crippen molar-refractivity contribution >= 4 is 0 Å². The maximum Gasteiger partial charge on any atom is 0.0700 e. The second kappa shape index (κ2) is 20.9. The average molecular weight is 296 g/mol. The molecule has 0 spiro atoms. The zero-order valence-corrected chi connectivity index (χ0v) is 14.9. The highest BCUT2D eigenvalue weighted by atomic mass is 16.2. The minimum Gasteiger partial charge on any atom is -0.375 e. The van der Waals surface area contributed by atoms with Crippen LogP contribution in [-0.2, 0) is 0 Å². The third-order valence-electron chi connectivity index (χ3n) is 2.86. The molecule has 0 fully saturated rings. The standard InChI is InChI=1S/C13H23N.C2H6.C2H4.CH3NO/c1-12(2)14-10-8-6-4-5-7-9-13(3)11-14;2*1-2;1-2-3/h4-5,13H,1,6-11H2,2-3H3;1-2H3;1-2H2;1H3/b5-4-;;;. The van der Waals surface area contributed by atoms with Gasteiger partial charge in [-0.15, -0.1) is 13.2 Å². The van der Waals surface area contributed by atoms with Gasteiger partial charge in [0.25, 0.3) is 0 Å². The lowest BCUT2D eigenvalue weighted by Crippen LogP contribution is -2.28. The van der Waals surface area contributed by atoms with E-state index in [1.165, 1.54) is 51.5 Å². The Morgan fingerprint density at radius 2 is 1.71 bits per heavy atom. The highest BCUT2D eigenvalue weighted by Crippen LogP contribution is 2.14. The van der Waals surface area contributed by atoms with Crippen LogP contribution in [0.4, 0.5) is 0 Å². The van der Waals surface area contributed by atoms with Gasteiger partial charge in [0.15, 0.2) is 0 Å². The summed E-state index contributed by atoms with van der Waals surface area (Å²) in [6, 6.07) is 0. The molecule has 0 aromatic carbocycles. The zero-order chi connectivity index (χ0) is 17.1. The number of nitrogens with zero attached hydrogens (tertiary/aromatic N) is 2. The third kappa shape index (κ3) is 18.6. The van der Waals surface area contributed by atoms with Crippen LogP contribution in [0, 0.1) is 10.8 Å². The summed E-state index contributed by atoms with van der Waals surface area (Å²) in [6.45, 7) is 20.9. The quantitative estimate of drug-likeness (QED) is 0.452. The molecular weight excluding hydrogens is 260 g/mol. The number of hydrogen-bond acceptors (Lipinski definition) is 3. The Bertz CT molecular complexity index is 262. The van der Waals surface area contributed by atoms with E-state index in [2.05, 4.69) is 55.8 Å². The van der Waals surface area contributed by atoms with E-state index in [9.17, 15) is 0 Å². The molecule has 0 saturated heterocycles. The summed E-state index contributed by atoms with van der Waals surface area (Å²) in [4.78, 5) is 11.0. The average Bonchev–Trinajstić information content (AvgIpc) is 2.50. The summed E-state index contributed by atoms with van der Waals surface area (Å²) < 4.78 is 0. The van der Waals surface area contributed by atoms with Gasteiger partial charge in [-0.2, -0.15) is 4.91 Å². The Hall–Kier alpha value is -1.38. The maximum atomic E-state index is 8.56. The lowest BCUT2D eigenvalue weighted by atomic mass is 10.0. The predicted octanol–water partition coefficient (Wildman–Crippen LogP) is 5.80. The van der Waals surface area contributed by atoms with Crippen LogP contribution in [0.5, 0.6) is 0 Å². The number of nitroso groups, excluding NO2 is 1. The van der Waals surface area contributed by atoms with Crippen molar-refractivity contribution in [1.29, 1.82) is 0 Å². The molecule has 1 aliphatic heterocycles. The monoisotopic (exact) mass is 296 g/mol. The number of allylic oxidation sites excluding steroid dienone is 3. The summed E-state index contributed by atoms with van der Waals surface area (Å²) in [5, 5.41) is 2.25. The van der Waals surface area contributed by atoms with Gasteiger partial charge in [-0.25, -0.2) is 0 Å². The molecule has 1 aliphatic rings. The molecular formula is C18H36N2O. The molecule has 0 N–H and O–H groups in total. The molecule has 0 bridgehead atoms. The van der Waals surface area contributed by atoms with E-state index in [-0.39, 0.29) is 0 Å². The van der Waals surface area contributed by atoms with Crippen molar-refractivity contribution in [2.45, 2.75) is 53.4 Å². The van der Waals surface area contributed by atoms with E-state index < -0.39 is 0 Å². The largest absolute Gasteiger partial charge is 0.375 e. The first-order valence-corrected chi connectivity index (χ1v) is 7.88. The van der Waals surface area contributed by atoms with E-state index in [1.54, 1.807) is 0 Å². The normalized spacial score (nSPS) is 19.1. The molecule has 0 saturated carbocycles. The van der Waals surface area contributed by atoms with Crippen molar-refractivity contribution in [3.05, 3.63) is 42.5 Å². The number of hydrogen-bond donors (Lipinski definition) is 0. The molecule has 0 amide bonds. The summed E-state index contributed by atoms with van der Waals surface area (Å²) in [6.07, 6.45) is 9.70. The van der Waals surface area contributed by atoms with Crippen LogP contribution >= 0.6 is 0 Å². The molecule has 1 unspecified atom stereocenters. The highest BCUT2D eigenvalue weighted by molar-refractivity contribution is 4.91. The van der Waals surface area contributed by atoms with Crippen molar-refractivity contribution < 1.29 is 0 Å². The predicted molar refractivity (Wildman–Crippen MR) is 97.5 cm³/mol. The van der Waals surface area contributed by atoms with Gasteiger partial charge in [0.05, 0.1) is 7.05 Å². The Morgan fingerprint density at radius 3 is 2.19 bits per heavy atom. The van der Waals surface area contributed by atoms with Crippen LogP contribution in [0.2, 0.25) is 0 Å². The van der Waals surface area contributed by atoms with E-state index in [1.807, 2.05) is 13.8 Å². The molecule has 3 heteroatoms. The van der Waals surface area contributed by atoms with Crippen molar-refractivity contribution in [2.75, 3.05) is 20.1 Å². The van der Waals surface area contributed by atoms with Gasteiger partial charge in [0, 0.05) is 18.8 Å². The van der Waals surface area contributed by atoms with Crippen LogP contribution in [0.3, 0.4) is 0 Å². The lowest BCUT2D eigenvalue weighted by Gasteiger charge is -2.28. The van der Waals surface area contributed by atoms with Crippen LogP contribution < -0.4 is 0 Å². The molecule has 0 aromatic heterocycles. The third-order valence-corrected chi connectivity index (χ3v) is 2.86. The van der Waals surface area contributed by atoms with Gasteiger partial charge in [0.1, 0.15) is 0 Å². The lowest BCUT2D eigenvalue weighted by molar-refractivity contribution is 0.284. The van der Waals surface area contributed by atoms with Gasteiger partial charge >= 0.3 is 0 Å². The smallest absolute Gasteiger partial charge is 0.0700 e. The summed E-state index contributed by atoms with van der Waals surface area (Å²) in [5.41, 5.74) is 1.22. The first kappa shape index (κ1) is 24.6. The van der Waals surface area contributed by atoms with Crippen molar-refractivity contribution in [2.24, 2.45) is 11.1 Å². The Labute approximate surface area is 132 Å². The van der Waals surface area contributed by atoms with E-state index in [4.69, 9.17) is 4.91 Å². The molecule has 1 heterocycles. The zero-order valence-electron chi connectivity index (χ0n) is 14.9. The van der Waals surface area contributed by atoms with Crippen LogP contribution in [-0.4, -0.2) is 25.0 Å². The summed E-state index contributed by atoms with van der Waals surface area (Å²) in [5.74, 6) is 0.787. The van der Waals surface area contributed by atoms with Gasteiger partial charge in [0.2, 0.25) is 0 Å². The fraction of sp³-hybridized carbons (Fsp3) is 0.667. The molecule has 21 heavy (non-hydrogen) atoms. The first-order valence-electron chi connectivity index (χ1n) is 7.88. The fourth-order valence-corrected chi connectivity index (χ4v) is 1.92. The molecule has 124 valence electrons. The minimum absolute atomic E-state index is 0.787. The van der Waals surface area contributed by atoms with Crippen LogP contribution in [0.1, 0.15) is 53.4 Å². The van der Waals surface area contributed by atoms with Crippen molar-refractivity contribution in [1.82, 2.24) is 4.90 Å². The van der Waals surface area contributed by atoms with Crippen molar-refractivity contribution in [3.63, 3.8) is 0 Å². The first-order chi connectivity index (χ1) is 10.1. The van der Waals surface area contributed by atoms with Crippen molar-refractivity contribution in [3.8, 4) is 0 Å². The maximum absolute atomic E-state index is 8.56. The molecule has 0 radical (unpaired) electrons. The Kier molecular flexibility index (Phi) is 24.5. The Balaban J connectivity index is -0.000000399. The minimum atomic E-state index is 0.787. The van der Waals surface area contributed by atoms with E-state index >= 15 is 0 Å².